The molecule has 10 nitrogen and oxygen atoms in total. The summed E-state index contributed by atoms with van der Waals surface area (Å²) in [5, 5.41) is 36.2. The average Bonchev–Trinajstić information content (AvgIpc) is 2.41. The molecule has 115 valence electrons. The lowest BCUT2D eigenvalue weighted by Crippen LogP contribution is -2.03. The van der Waals surface area contributed by atoms with E-state index in [9.17, 15) is 0 Å². The summed E-state index contributed by atoms with van der Waals surface area (Å²) < 4.78 is 0. The van der Waals surface area contributed by atoms with E-state index in [1.54, 1.807) is 13.8 Å². The summed E-state index contributed by atoms with van der Waals surface area (Å²) in [6.07, 6.45) is 2.62. The Kier molecular flexibility index (Phi) is 19.7. The molecule has 0 aliphatic rings. The Morgan fingerprint density at radius 1 is 0.905 bits per heavy atom. The molecule has 0 saturated heterocycles. The summed E-state index contributed by atoms with van der Waals surface area (Å²) in [6.45, 7) is 4.39. The van der Waals surface area contributed by atoms with Gasteiger partial charge in [0.05, 0.1) is 25.8 Å². The minimum atomic E-state index is 0. The van der Waals surface area contributed by atoms with E-state index < -0.39 is 0 Å². The van der Waals surface area contributed by atoms with Crippen molar-refractivity contribution >= 4 is 32.8 Å². The second-order valence-corrected chi connectivity index (χ2v) is 3.15. The van der Waals surface area contributed by atoms with Gasteiger partial charge in [-0.05, 0) is 20.3 Å². The molecule has 0 aliphatic carbocycles. The van der Waals surface area contributed by atoms with Gasteiger partial charge in [0.25, 0.3) is 0 Å². The van der Waals surface area contributed by atoms with Crippen LogP contribution in [0.2, 0.25) is 0 Å². The van der Waals surface area contributed by atoms with Gasteiger partial charge in [-0.3, -0.25) is 21.7 Å². The highest BCUT2D eigenvalue weighted by molar-refractivity contribution is 5.80. The molecule has 4 N–H and O–H groups in total. The van der Waals surface area contributed by atoms with E-state index in [1.165, 1.54) is 0 Å². The summed E-state index contributed by atoms with van der Waals surface area (Å²) in [6, 6.07) is 0. The van der Waals surface area contributed by atoms with Crippen LogP contribution in [0.15, 0.2) is 30.7 Å². The number of hydrogen-bond acceptors (Lipinski definition) is 6. The fraction of sp³-hybridized carbons (Fsp3) is 0.600. The number of nitrogens with one attached hydrogen (secondary N) is 4. The molecule has 0 atom stereocenters. The van der Waals surface area contributed by atoms with Crippen LogP contribution in [0.4, 0.5) is 0 Å². The predicted octanol–water partition coefficient (Wildman–Crippen LogP) is 1.60. The summed E-state index contributed by atoms with van der Waals surface area (Å²) >= 11 is 0. The number of amidine groups is 2. The molecule has 3 radical (unpaired) electrons. The van der Waals surface area contributed by atoms with Gasteiger partial charge in [0, 0.05) is 8.41 Å². The minimum absolute atomic E-state index is 0. The van der Waals surface area contributed by atoms with Crippen LogP contribution >= 0.6 is 0 Å². The van der Waals surface area contributed by atoms with Crippen LogP contribution < -0.4 is 10.9 Å². The number of hydrogen-bond donors (Lipinski definition) is 4. The quantitative estimate of drug-likeness (QED) is 0.134. The number of azo groups is 2. The highest BCUT2D eigenvalue weighted by Crippen LogP contribution is 1.88. The monoisotopic (exact) mass is 293 g/mol. The Hall–Kier alpha value is -2.46. The molecule has 0 aromatic carbocycles. The van der Waals surface area contributed by atoms with Gasteiger partial charge in [-0.15, -0.1) is 10.2 Å². The highest BCUT2D eigenvalue weighted by Gasteiger charge is 1.87. The van der Waals surface area contributed by atoms with Crippen molar-refractivity contribution in [3.63, 3.8) is 0 Å². The molecule has 0 spiro atoms. The molecule has 0 aromatic heterocycles. The Labute approximate surface area is 126 Å². The average molecular weight is 293 g/mol. The van der Waals surface area contributed by atoms with Gasteiger partial charge in [0.1, 0.15) is 0 Å². The van der Waals surface area contributed by atoms with E-state index in [2.05, 4.69) is 41.5 Å². The van der Waals surface area contributed by atoms with Crippen LogP contribution in [0.3, 0.4) is 0 Å². The first-order valence-electron chi connectivity index (χ1n) is 5.53. The molecule has 0 amide bonds. The second-order valence-electron chi connectivity index (χ2n) is 3.15. The van der Waals surface area contributed by atoms with Gasteiger partial charge >= 0.3 is 0 Å². The molecule has 0 heterocycles. The zero-order chi connectivity index (χ0) is 14.3. The molecule has 0 saturated carbocycles. The van der Waals surface area contributed by atoms with Gasteiger partial charge in [-0.1, -0.05) is 7.43 Å². The van der Waals surface area contributed by atoms with Crippen molar-refractivity contribution < 1.29 is 0 Å². The Morgan fingerprint density at radius 2 is 1.29 bits per heavy atom. The molecule has 0 aromatic rings. The first-order chi connectivity index (χ1) is 9.20. The lowest BCUT2D eigenvalue weighted by Gasteiger charge is -1.92. The van der Waals surface area contributed by atoms with E-state index in [4.69, 9.17) is 10.8 Å². The van der Waals surface area contributed by atoms with Crippen molar-refractivity contribution in [2.24, 2.45) is 30.7 Å². The minimum Gasteiger partial charge on any atom is -0.290 e. The summed E-state index contributed by atoms with van der Waals surface area (Å²) in [7, 11) is 0. The smallest absolute Gasteiger partial charge is 0.167 e. The maximum atomic E-state index is 6.70. The zero-order valence-electron chi connectivity index (χ0n) is 11.5. The van der Waals surface area contributed by atoms with Crippen LogP contribution in [0.25, 0.3) is 0 Å². The van der Waals surface area contributed by atoms with Crippen molar-refractivity contribution in [2.45, 2.75) is 27.7 Å². The molecular weight excluding hydrogens is 271 g/mol. The predicted molar refractivity (Wildman–Crippen MR) is 86.6 cm³/mol. The first-order valence-corrected chi connectivity index (χ1v) is 5.53. The van der Waals surface area contributed by atoms with Gasteiger partial charge in [-0.25, -0.2) is 0 Å². The molecule has 0 rings (SSSR count). The SMILES string of the molecule is C.C/C(N=NCCCN=N/C(C)=N\NC=N)=N/NC=N.[B]. The van der Waals surface area contributed by atoms with E-state index in [-0.39, 0.29) is 15.8 Å². The lowest BCUT2D eigenvalue weighted by atomic mass is 10.4. The van der Waals surface area contributed by atoms with E-state index >= 15 is 0 Å². The van der Waals surface area contributed by atoms with Gasteiger partial charge < -0.3 is 0 Å². The summed E-state index contributed by atoms with van der Waals surface area (Å²) in [4.78, 5) is 0. The third kappa shape index (κ3) is 17.5. The van der Waals surface area contributed by atoms with E-state index in [0.717, 1.165) is 12.7 Å². The molecule has 21 heavy (non-hydrogen) atoms. The maximum absolute atomic E-state index is 6.70. The number of nitrogens with zero attached hydrogens (tertiary/aromatic N) is 6. The van der Waals surface area contributed by atoms with Crippen LogP contribution in [0, 0.1) is 10.8 Å². The van der Waals surface area contributed by atoms with Gasteiger partial charge in [0.15, 0.2) is 11.7 Å². The molecule has 0 bridgehead atoms. The fourth-order valence-corrected chi connectivity index (χ4v) is 0.813. The van der Waals surface area contributed by atoms with Crippen LogP contribution in [-0.2, 0) is 0 Å². The van der Waals surface area contributed by atoms with Gasteiger partial charge in [-0.2, -0.15) is 20.4 Å². The highest BCUT2D eigenvalue weighted by atomic mass is 15.3. The Bertz CT molecular complexity index is 351. The topological polar surface area (TPSA) is 146 Å². The van der Waals surface area contributed by atoms with Crippen molar-refractivity contribution in [3.8, 4) is 0 Å². The third-order valence-electron chi connectivity index (χ3n) is 1.53. The lowest BCUT2D eigenvalue weighted by molar-refractivity contribution is 0.790. The number of rotatable bonds is 8. The molecular formula is C10H22BN10. The number of hydrazone groups is 2. The molecule has 0 unspecified atom stereocenters. The molecule has 0 fully saturated rings. The molecule has 11 heteroatoms. The Balaban J connectivity index is -0.00000162. The van der Waals surface area contributed by atoms with Crippen molar-refractivity contribution in [3.05, 3.63) is 0 Å². The van der Waals surface area contributed by atoms with Crippen LogP contribution in [-0.4, -0.2) is 45.9 Å². The summed E-state index contributed by atoms with van der Waals surface area (Å²) in [5.74, 6) is 0.900. The fourth-order valence-electron chi connectivity index (χ4n) is 0.813. The standard InChI is InChI=1S/C9H18N10.CH4.B/c1-8(18-14-6-10)16-12-4-3-5-13-17-9(2)19-15-7-11;;/h6-7H,3-5H2,1-2H3,(H2,10,14)(H2,11,15);1H4;/b16-12?,17-13?,18-8-,19-9-;;. The zero-order valence-corrected chi connectivity index (χ0v) is 11.5. The second kappa shape index (κ2) is 17.5. The van der Waals surface area contributed by atoms with Crippen LogP contribution in [0.1, 0.15) is 27.7 Å². The van der Waals surface area contributed by atoms with Crippen LogP contribution in [0.5, 0.6) is 0 Å². The van der Waals surface area contributed by atoms with Crippen molar-refractivity contribution in [1.82, 2.24) is 10.9 Å². The molecule has 0 aliphatic heterocycles. The summed E-state index contributed by atoms with van der Waals surface area (Å²) in [5.41, 5.74) is 4.69. The van der Waals surface area contributed by atoms with Gasteiger partial charge in [0.2, 0.25) is 0 Å². The van der Waals surface area contributed by atoms with Crippen molar-refractivity contribution in [1.29, 1.82) is 10.8 Å². The maximum Gasteiger partial charge on any atom is 0.167 e. The Morgan fingerprint density at radius 3 is 1.62 bits per heavy atom. The van der Waals surface area contributed by atoms with E-state index in [1.807, 2.05) is 0 Å². The third-order valence-corrected chi connectivity index (χ3v) is 1.53. The largest absolute Gasteiger partial charge is 0.290 e. The van der Waals surface area contributed by atoms with Crippen molar-refractivity contribution in [2.75, 3.05) is 13.1 Å². The first kappa shape index (κ1) is 23.6. The normalized spacial score (nSPS) is 11.7. The van der Waals surface area contributed by atoms with E-state index in [0.29, 0.717) is 31.2 Å².